The first-order valence-corrected chi connectivity index (χ1v) is 8.42. The lowest BCUT2D eigenvalue weighted by molar-refractivity contribution is 0.0937. The van der Waals surface area contributed by atoms with Crippen molar-refractivity contribution in [1.82, 2.24) is 10.3 Å². The van der Waals surface area contributed by atoms with Crippen LogP contribution in [0.3, 0.4) is 0 Å². The van der Waals surface area contributed by atoms with E-state index in [-0.39, 0.29) is 11.9 Å². The topological polar surface area (TPSA) is 68.0 Å². The number of nitrogen functional groups attached to an aromatic ring is 1. The maximum atomic E-state index is 12.5. The number of nitrogens with zero attached hydrogens (tertiary/aromatic N) is 1. The van der Waals surface area contributed by atoms with Gasteiger partial charge in [-0.1, -0.05) is 33.1 Å². The molecule has 0 saturated carbocycles. The van der Waals surface area contributed by atoms with Gasteiger partial charge < -0.3 is 11.1 Å². The number of hydrogen-bond acceptors (Lipinski definition) is 4. The van der Waals surface area contributed by atoms with Crippen LogP contribution in [0.1, 0.15) is 55.6 Å². The van der Waals surface area contributed by atoms with Crippen molar-refractivity contribution in [2.24, 2.45) is 0 Å². The third-order valence-electron chi connectivity index (χ3n) is 3.57. The Morgan fingerprint density at radius 2 is 2.19 bits per heavy atom. The Morgan fingerprint density at radius 3 is 2.86 bits per heavy atom. The quantitative estimate of drug-likeness (QED) is 0.813. The van der Waals surface area contributed by atoms with Crippen LogP contribution in [-0.2, 0) is 0 Å². The highest BCUT2D eigenvalue weighted by Crippen LogP contribution is 2.31. The summed E-state index contributed by atoms with van der Waals surface area (Å²) in [5.41, 5.74) is 7.31. The second-order valence-electron chi connectivity index (χ2n) is 5.30. The zero-order valence-electron chi connectivity index (χ0n) is 12.7. The lowest BCUT2D eigenvalue weighted by atomic mass is 10.1. The predicted molar refractivity (Wildman–Crippen MR) is 89.7 cm³/mol. The highest BCUT2D eigenvalue weighted by Gasteiger charge is 2.19. The van der Waals surface area contributed by atoms with Crippen LogP contribution >= 0.6 is 11.3 Å². The molecule has 5 heteroatoms. The van der Waals surface area contributed by atoms with Gasteiger partial charge in [0, 0.05) is 12.2 Å². The summed E-state index contributed by atoms with van der Waals surface area (Å²) in [6.07, 6.45) is 7.08. The van der Waals surface area contributed by atoms with Crippen molar-refractivity contribution in [3.8, 4) is 0 Å². The molecule has 21 heavy (non-hydrogen) atoms. The summed E-state index contributed by atoms with van der Waals surface area (Å²) in [4.78, 5) is 17.3. The summed E-state index contributed by atoms with van der Waals surface area (Å²) in [5, 5.41) is 3.13. The van der Waals surface area contributed by atoms with Crippen molar-refractivity contribution in [3.63, 3.8) is 0 Å². The van der Waals surface area contributed by atoms with Crippen molar-refractivity contribution < 1.29 is 4.79 Å². The molecule has 1 unspecified atom stereocenters. The van der Waals surface area contributed by atoms with Crippen LogP contribution in [0.4, 0.5) is 5.69 Å². The molecule has 0 radical (unpaired) electrons. The lowest BCUT2D eigenvalue weighted by Gasteiger charge is -2.17. The van der Waals surface area contributed by atoms with E-state index in [0.717, 1.165) is 42.3 Å². The number of anilines is 1. The van der Waals surface area contributed by atoms with Gasteiger partial charge in [0.15, 0.2) is 0 Å². The normalized spacial score (nSPS) is 12.5. The number of pyridine rings is 1. The monoisotopic (exact) mass is 305 g/mol. The molecule has 114 valence electrons. The van der Waals surface area contributed by atoms with Gasteiger partial charge >= 0.3 is 0 Å². The van der Waals surface area contributed by atoms with E-state index in [2.05, 4.69) is 24.1 Å². The Balaban J connectivity index is 2.15. The average Bonchev–Trinajstić information content (AvgIpc) is 2.83. The fourth-order valence-electron chi connectivity index (χ4n) is 2.45. The van der Waals surface area contributed by atoms with E-state index in [1.807, 2.05) is 12.1 Å². The number of thiophene rings is 1. The maximum absolute atomic E-state index is 12.5. The molecule has 3 N–H and O–H groups in total. The molecule has 1 amide bonds. The smallest absolute Gasteiger partial charge is 0.263 e. The summed E-state index contributed by atoms with van der Waals surface area (Å²) in [6, 6.07) is 4.04. The van der Waals surface area contributed by atoms with Gasteiger partial charge in [0.2, 0.25) is 0 Å². The van der Waals surface area contributed by atoms with Crippen molar-refractivity contribution >= 4 is 33.1 Å². The standard InChI is InChI=1S/C16H23N3OS/c1-3-5-8-11(7-4-2)19-16(20)15-13(17)14-12(21-15)9-6-10-18-14/h6,9-11H,3-5,7-8,17H2,1-2H3,(H,19,20). The number of aromatic nitrogens is 1. The van der Waals surface area contributed by atoms with Crippen LogP contribution in [0.2, 0.25) is 0 Å². The molecule has 0 fully saturated rings. The second kappa shape index (κ2) is 7.41. The third-order valence-corrected chi connectivity index (χ3v) is 4.73. The second-order valence-corrected chi connectivity index (χ2v) is 6.35. The number of hydrogen-bond donors (Lipinski definition) is 2. The number of carbonyl (C=O) groups excluding carboxylic acids is 1. The van der Waals surface area contributed by atoms with Crippen molar-refractivity contribution in [1.29, 1.82) is 0 Å². The first-order chi connectivity index (χ1) is 10.2. The van der Waals surface area contributed by atoms with Crippen LogP contribution in [0.15, 0.2) is 18.3 Å². The minimum Gasteiger partial charge on any atom is -0.396 e. The number of fused-ring (bicyclic) bond motifs is 1. The van der Waals surface area contributed by atoms with Gasteiger partial charge in [0.1, 0.15) is 10.4 Å². The average molecular weight is 305 g/mol. The zero-order chi connectivity index (χ0) is 15.2. The van der Waals surface area contributed by atoms with E-state index >= 15 is 0 Å². The van der Waals surface area contributed by atoms with Gasteiger partial charge in [-0.3, -0.25) is 9.78 Å². The molecule has 0 aliphatic heterocycles. The maximum Gasteiger partial charge on any atom is 0.263 e. The van der Waals surface area contributed by atoms with Crippen LogP contribution in [0.25, 0.3) is 10.2 Å². The molecule has 0 aliphatic rings. The van der Waals surface area contributed by atoms with E-state index in [0.29, 0.717) is 10.6 Å². The highest BCUT2D eigenvalue weighted by atomic mass is 32.1. The van der Waals surface area contributed by atoms with Gasteiger partial charge in [0.25, 0.3) is 5.91 Å². The van der Waals surface area contributed by atoms with Crippen molar-refractivity contribution in [2.75, 3.05) is 5.73 Å². The Bertz CT molecular complexity index is 609. The first-order valence-electron chi connectivity index (χ1n) is 7.61. The van der Waals surface area contributed by atoms with Crippen molar-refractivity contribution in [2.45, 2.75) is 52.0 Å². The Labute approximate surface area is 129 Å². The number of nitrogens with one attached hydrogen (secondary N) is 1. The van der Waals surface area contributed by atoms with E-state index in [9.17, 15) is 4.79 Å². The molecule has 2 aromatic heterocycles. The molecule has 0 bridgehead atoms. The fraction of sp³-hybridized carbons (Fsp3) is 0.500. The largest absolute Gasteiger partial charge is 0.396 e. The molecule has 0 spiro atoms. The van der Waals surface area contributed by atoms with Gasteiger partial charge in [-0.25, -0.2) is 0 Å². The van der Waals surface area contributed by atoms with Crippen LogP contribution < -0.4 is 11.1 Å². The molecule has 0 saturated heterocycles. The molecular weight excluding hydrogens is 282 g/mol. The summed E-state index contributed by atoms with van der Waals surface area (Å²) in [5.74, 6) is -0.0648. The summed E-state index contributed by atoms with van der Waals surface area (Å²) >= 11 is 1.42. The van der Waals surface area contributed by atoms with E-state index < -0.39 is 0 Å². The SMILES string of the molecule is CCCCC(CCC)NC(=O)c1sc2cccnc2c1N. The number of unbranched alkanes of at least 4 members (excludes halogenated alkanes) is 1. The van der Waals surface area contributed by atoms with Crippen LogP contribution in [0.5, 0.6) is 0 Å². The van der Waals surface area contributed by atoms with Gasteiger partial charge in [-0.2, -0.15) is 0 Å². The molecule has 0 aromatic carbocycles. The molecule has 2 rings (SSSR count). The van der Waals surface area contributed by atoms with Crippen molar-refractivity contribution in [3.05, 3.63) is 23.2 Å². The molecule has 1 atom stereocenters. The number of amides is 1. The lowest BCUT2D eigenvalue weighted by Crippen LogP contribution is -2.34. The number of rotatable bonds is 7. The predicted octanol–water partition coefficient (Wildman–Crippen LogP) is 3.97. The van der Waals surface area contributed by atoms with E-state index in [4.69, 9.17) is 5.73 Å². The first kappa shape index (κ1) is 15.8. The number of carbonyl (C=O) groups is 1. The molecule has 4 nitrogen and oxygen atoms in total. The van der Waals surface area contributed by atoms with Crippen LogP contribution in [0, 0.1) is 0 Å². The van der Waals surface area contributed by atoms with Gasteiger partial charge in [0.05, 0.1) is 10.4 Å². The number of nitrogens with two attached hydrogens (primary N) is 1. The Kier molecular flexibility index (Phi) is 5.56. The zero-order valence-corrected chi connectivity index (χ0v) is 13.5. The van der Waals surface area contributed by atoms with E-state index in [1.165, 1.54) is 11.3 Å². The summed E-state index contributed by atoms with van der Waals surface area (Å²) in [7, 11) is 0. The van der Waals surface area contributed by atoms with Gasteiger partial charge in [-0.05, 0) is 25.0 Å². The minimum absolute atomic E-state index is 0.0648. The Morgan fingerprint density at radius 1 is 1.38 bits per heavy atom. The molecular formula is C16H23N3OS. The molecule has 2 aromatic rings. The van der Waals surface area contributed by atoms with E-state index in [1.54, 1.807) is 6.20 Å². The molecule has 0 aliphatic carbocycles. The Hall–Kier alpha value is -1.62. The summed E-state index contributed by atoms with van der Waals surface area (Å²) < 4.78 is 0.959. The highest BCUT2D eigenvalue weighted by molar-refractivity contribution is 7.21. The minimum atomic E-state index is -0.0648. The third kappa shape index (κ3) is 3.73. The van der Waals surface area contributed by atoms with Crippen LogP contribution in [-0.4, -0.2) is 16.9 Å². The molecule has 2 heterocycles. The fourth-order valence-corrected chi connectivity index (χ4v) is 3.44. The van der Waals surface area contributed by atoms with Gasteiger partial charge in [-0.15, -0.1) is 11.3 Å². The summed E-state index contributed by atoms with van der Waals surface area (Å²) in [6.45, 7) is 4.31.